The van der Waals surface area contributed by atoms with E-state index in [-0.39, 0.29) is 7.30 Å². The highest BCUT2D eigenvalue weighted by Crippen LogP contribution is 2.73. The molecule has 1 aliphatic carbocycles. The van der Waals surface area contributed by atoms with Crippen LogP contribution in [0, 0.1) is 0 Å². The van der Waals surface area contributed by atoms with Crippen molar-refractivity contribution in [2.75, 3.05) is 0 Å². The Balaban J connectivity index is 2.33. The van der Waals surface area contributed by atoms with Gasteiger partial charge in [-0.25, -0.2) is 0 Å². The molecule has 0 heterocycles. The van der Waals surface area contributed by atoms with Crippen LogP contribution in [0.25, 0.3) is 5.57 Å². The van der Waals surface area contributed by atoms with Gasteiger partial charge in [0.25, 0.3) is 0 Å². The van der Waals surface area contributed by atoms with E-state index in [2.05, 4.69) is 49.0 Å². The van der Waals surface area contributed by atoms with Crippen molar-refractivity contribution in [2.24, 2.45) is 0 Å². The summed E-state index contributed by atoms with van der Waals surface area (Å²) in [6, 6.07) is 8.97. The normalized spacial score (nSPS) is 16.9. The number of hydrogen-bond acceptors (Lipinski definition) is 0. The molecule has 4 heteroatoms. The predicted octanol–water partition coefficient (Wildman–Crippen LogP) is 5.80. The molecule has 17 heavy (non-hydrogen) atoms. The lowest BCUT2D eigenvalue weighted by Crippen LogP contribution is -1.84. The van der Waals surface area contributed by atoms with Gasteiger partial charge < -0.3 is 0 Å². The molecule has 0 fully saturated rings. The van der Waals surface area contributed by atoms with Gasteiger partial charge in [-0.3, -0.25) is 0 Å². The Hall–Kier alpha value is 0.680. The van der Waals surface area contributed by atoms with Gasteiger partial charge in [0.1, 0.15) is 0 Å². The zero-order valence-electron chi connectivity index (χ0n) is 10.2. The Morgan fingerprint density at radius 1 is 1.35 bits per heavy atom. The van der Waals surface area contributed by atoms with Crippen LogP contribution in [0.2, 0.25) is 0 Å². The highest BCUT2D eigenvalue weighted by Gasteiger charge is 2.23. The molecule has 0 nitrogen and oxygen atoms in total. The minimum atomic E-state index is 0.00535. The molecule has 0 radical (unpaired) electrons. The molecule has 4 unspecified atom stereocenters. The van der Waals surface area contributed by atoms with Gasteiger partial charge >= 0.3 is 0 Å². The third-order valence-corrected chi connectivity index (χ3v) is 13.7. The highest BCUT2D eigenvalue weighted by atomic mass is 32.6. The minimum Gasteiger partial charge on any atom is -0.109 e. The number of fused-ring (bicyclic) bond motifs is 1. The lowest BCUT2D eigenvalue weighted by Gasteiger charge is -2.14. The Bertz CT molecular complexity index is 425. The van der Waals surface area contributed by atoms with Gasteiger partial charge in [0.2, 0.25) is 0 Å². The van der Waals surface area contributed by atoms with Crippen LogP contribution in [0.4, 0.5) is 0 Å². The fourth-order valence-corrected chi connectivity index (χ4v) is 6.63. The van der Waals surface area contributed by atoms with Gasteiger partial charge in [0.15, 0.2) is 0 Å². The topological polar surface area (TPSA) is 0 Å². The fourth-order valence-electron chi connectivity index (χ4n) is 2.35. The standard InChI is InChI=1S/C13H20P4/c1-2-3-7-12-11-8-5-4-6-10(11)9-13(12)17(15)16-14/h4-6,8,16H,2-3,7,9,14-15H2,1H3. The first-order valence-corrected chi connectivity index (χ1v) is 12.7. The molecule has 0 saturated carbocycles. The van der Waals surface area contributed by atoms with Crippen LogP contribution in [0.5, 0.6) is 0 Å². The van der Waals surface area contributed by atoms with Crippen LogP contribution in [0.15, 0.2) is 29.6 Å². The van der Waals surface area contributed by atoms with E-state index in [4.69, 9.17) is 0 Å². The molecule has 1 aromatic carbocycles. The molecule has 0 aromatic heterocycles. The van der Waals surface area contributed by atoms with Crippen LogP contribution < -0.4 is 0 Å². The highest BCUT2D eigenvalue weighted by molar-refractivity contribution is 8.62. The molecule has 0 spiro atoms. The van der Waals surface area contributed by atoms with Gasteiger partial charge in [-0.2, -0.15) is 0 Å². The van der Waals surface area contributed by atoms with Crippen LogP contribution in [-0.2, 0) is 6.42 Å². The van der Waals surface area contributed by atoms with Crippen molar-refractivity contribution in [3.05, 3.63) is 40.7 Å². The molecule has 2 rings (SSSR count). The van der Waals surface area contributed by atoms with Crippen LogP contribution in [0.1, 0.15) is 37.3 Å². The van der Waals surface area contributed by atoms with E-state index in [0.29, 0.717) is 0 Å². The lowest BCUT2D eigenvalue weighted by molar-refractivity contribution is 0.824. The summed E-state index contributed by atoms with van der Waals surface area (Å²) in [4.78, 5) is 0. The number of allylic oxidation sites excluding steroid dienone is 2. The second-order valence-electron chi connectivity index (χ2n) is 4.36. The molecule has 0 bridgehead atoms. The van der Waals surface area contributed by atoms with Gasteiger partial charge in [0, 0.05) is 0 Å². The fraction of sp³-hybridized carbons (Fsp3) is 0.385. The largest absolute Gasteiger partial charge is 0.109 e. The molecule has 0 saturated heterocycles. The summed E-state index contributed by atoms with van der Waals surface area (Å²) in [7, 11) is 6.99. The molecule has 4 atom stereocenters. The van der Waals surface area contributed by atoms with E-state index in [1.807, 2.05) is 0 Å². The van der Waals surface area contributed by atoms with Crippen molar-refractivity contribution in [1.29, 1.82) is 0 Å². The first-order valence-electron chi connectivity index (χ1n) is 6.09. The first kappa shape index (κ1) is 14.1. The SMILES string of the molecule is CCCCC1=C(P(P)PP)Cc2ccccc21. The van der Waals surface area contributed by atoms with Crippen molar-refractivity contribution < 1.29 is 0 Å². The predicted molar refractivity (Wildman–Crippen MR) is 91.2 cm³/mol. The lowest BCUT2D eigenvalue weighted by atomic mass is 10.0. The zero-order chi connectivity index (χ0) is 12.3. The zero-order valence-corrected chi connectivity index (χ0v) is 14.4. The van der Waals surface area contributed by atoms with E-state index < -0.39 is 0 Å². The van der Waals surface area contributed by atoms with E-state index in [9.17, 15) is 0 Å². The molecule has 1 aliphatic rings. The maximum Gasteiger partial charge on any atom is -0.000585 e. The van der Waals surface area contributed by atoms with Gasteiger partial charge in [-0.15, -0.1) is 17.9 Å². The second kappa shape index (κ2) is 6.73. The molecule has 1 aromatic rings. The van der Waals surface area contributed by atoms with Crippen LogP contribution >= 0.6 is 33.1 Å². The molecule has 0 amide bonds. The molecule has 92 valence electrons. The van der Waals surface area contributed by atoms with Gasteiger partial charge in [-0.1, -0.05) is 45.6 Å². The summed E-state index contributed by atoms with van der Waals surface area (Å²) in [5.41, 5.74) is 4.75. The smallest absolute Gasteiger partial charge is 0.000585 e. The number of rotatable bonds is 5. The number of benzene rings is 1. The maximum absolute atomic E-state index is 3.09. The van der Waals surface area contributed by atoms with Gasteiger partial charge in [-0.05, 0) is 48.6 Å². The summed E-state index contributed by atoms with van der Waals surface area (Å²) in [6.07, 6.45) is 5.08. The van der Waals surface area contributed by atoms with Crippen molar-refractivity contribution in [1.82, 2.24) is 0 Å². The summed E-state index contributed by atoms with van der Waals surface area (Å²) in [6.45, 7) is 2.28. The summed E-state index contributed by atoms with van der Waals surface area (Å²) >= 11 is 0. The van der Waals surface area contributed by atoms with Crippen molar-refractivity contribution >= 4 is 38.7 Å². The summed E-state index contributed by atoms with van der Waals surface area (Å²) < 4.78 is 0. The number of unbranched alkanes of at least 4 members (excludes halogenated alkanes) is 1. The van der Waals surface area contributed by atoms with Crippen molar-refractivity contribution in [3.8, 4) is 0 Å². The summed E-state index contributed by atoms with van der Waals surface area (Å²) in [5.74, 6) is 0. The molecule has 0 N–H and O–H groups in total. The van der Waals surface area contributed by atoms with Crippen molar-refractivity contribution in [3.63, 3.8) is 0 Å². The van der Waals surface area contributed by atoms with Crippen LogP contribution in [0.3, 0.4) is 0 Å². The summed E-state index contributed by atoms with van der Waals surface area (Å²) in [5, 5.41) is 1.73. The Kier molecular flexibility index (Phi) is 5.58. The molecular weight excluding hydrogens is 280 g/mol. The third-order valence-electron chi connectivity index (χ3n) is 3.26. The third kappa shape index (κ3) is 3.17. The Morgan fingerprint density at radius 2 is 2.12 bits per heavy atom. The van der Waals surface area contributed by atoms with Crippen molar-refractivity contribution in [2.45, 2.75) is 32.6 Å². The van der Waals surface area contributed by atoms with Gasteiger partial charge in [0.05, 0.1) is 0 Å². The average Bonchev–Trinajstić information content (AvgIpc) is 2.74. The minimum absolute atomic E-state index is 0.00535. The quantitative estimate of drug-likeness (QED) is 0.603. The molecule has 0 aliphatic heterocycles. The number of hydrogen-bond donors (Lipinski definition) is 0. The van der Waals surface area contributed by atoms with E-state index >= 15 is 0 Å². The molecular formula is C13H20P4. The van der Waals surface area contributed by atoms with Crippen LogP contribution in [-0.4, -0.2) is 0 Å². The van der Waals surface area contributed by atoms with E-state index in [1.54, 1.807) is 16.5 Å². The van der Waals surface area contributed by atoms with E-state index in [0.717, 1.165) is 7.96 Å². The Morgan fingerprint density at radius 3 is 2.82 bits per heavy atom. The Labute approximate surface area is 112 Å². The second-order valence-corrected chi connectivity index (χ2v) is 13.5. The first-order chi connectivity index (χ1) is 8.27. The van der Waals surface area contributed by atoms with E-state index in [1.165, 1.54) is 31.2 Å². The monoisotopic (exact) mass is 300 g/mol. The average molecular weight is 300 g/mol. The maximum atomic E-state index is 3.09.